The van der Waals surface area contributed by atoms with Gasteiger partial charge in [0.1, 0.15) is 0 Å². The van der Waals surface area contributed by atoms with Crippen LogP contribution in [0.5, 0.6) is 0 Å². The lowest BCUT2D eigenvalue weighted by atomic mass is 9.74. The van der Waals surface area contributed by atoms with Gasteiger partial charge in [-0.3, -0.25) is 9.59 Å². The minimum atomic E-state index is -0.334. The first kappa shape index (κ1) is 56.9. The summed E-state index contributed by atoms with van der Waals surface area (Å²) < 4.78 is 12.0. The van der Waals surface area contributed by atoms with Crippen LogP contribution in [-0.4, -0.2) is 61.4 Å². The Labute approximate surface area is 362 Å². The number of rotatable bonds is 46. The average Bonchev–Trinajstić information content (AvgIpc) is 3.22. The molecule has 6 heteroatoms. The monoisotopic (exact) mass is 822 g/mol. The first-order valence-electron chi connectivity index (χ1n) is 26.0. The predicted octanol–water partition coefficient (Wildman–Crippen LogP) is 15.5. The minimum Gasteiger partial charge on any atom is -0.465 e. The van der Waals surface area contributed by atoms with Crippen LogP contribution in [0.15, 0.2) is 0 Å². The lowest BCUT2D eigenvalue weighted by Gasteiger charge is -2.32. The molecule has 0 saturated carbocycles. The zero-order valence-corrected chi connectivity index (χ0v) is 40.2. The van der Waals surface area contributed by atoms with Gasteiger partial charge in [-0.1, -0.05) is 195 Å². The number of hydrogen-bond donors (Lipinski definition) is 1. The Bertz CT molecular complexity index is 897. The summed E-state index contributed by atoms with van der Waals surface area (Å²) >= 11 is 0. The van der Waals surface area contributed by atoms with Crippen LogP contribution in [0.2, 0.25) is 0 Å². The number of aliphatic hydroxyl groups excluding tert-OH is 1. The molecule has 0 aromatic carbocycles. The number of aliphatic hydroxyl groups is 1. The van der Waals surface area contributed by atoms with Crippen molar-refractivity contribution < 1.29 is 24.2 Å². The third-order valence-corrected chi connectivity index (χ3v) is 12.9. The van der Waals surface area contributed by atoms with Crippen molar-refractivity contribution in [3.05, 3.63) is 0 Å². The number of nitrogens with zero attached hydrogens (tertiary/aromatic N) is 1. The van der Waals surface area contributed by atoms with E-state index in [1.807, 2.05) is 0 Å². The van der Waals surface area contributed by atoms with Crippen LogP contribution < -0.4 is 0 Å². The van der Waals surface area contributed by atoms with E-state index < -0.39 is 0 Å². The van der Waals surface area contributed by atoms with Gasteiger partial charge in [0.2, 0.25) is 0 Å². The number of carbonyl (C=O) groups is 2. The highest BCUT2D eigenvalue weighted by Gasteiger charge is 2.38. The van der Waals surface area contributed by atoms with Crippen LogP contribution in [0.25, 0.3) is 0 Å². The van der Waals surface area contributed by atoms with Crippen LogP contribution in [0.1, 0.15) is 273 Å². The summed E-state index contributed by atoms with van der Waals surface area (Å²) in [4.78, 5) is 29.6. The third-order valence-electron chi connectivity index (χ3n) is 12.9. The SMILES string of the molecule is CCCCCCCCC(C)(CCCCCC)C(=O)OCCCCCCN(CCCCO)CCCCCCOC(=O)C(CCC)(CCCCCC)CCCCCCCC. The molecule has 0 aliphatic heterocycles. The van der Waals surface area contributed by atoms with Crippen LogP contribution in [-0.2, 0) is 19.1 Å². The van der Waals surface area contributed by atoms with Gasteiger partial charge in [0, 0.05) is 6.61 Å². The molecule has 2 atom stereocenters. The van der Waals surface area contributed by atoms with Crippen molar-refractivity contribution in [2.45, 2.75) is 273 Å². The third kappa shape index (κ3) is 30.8. The largest absolute Gasteiger partial charge is 0.465 e. The first-order chi connectivity index (χ1) is 28.3. The van der Waals surface area contributed by atoms with E-state index in [9.17, 15) is 14.7 Å². The molecular formula is C52H103NO5. The van der Waals surface area contributed by atoms with Crippen molar-refractivity contribution in [3.8, 4) is 0 Å². The van der Waals surface area contributed by atoms with Crippen molar-refractivity contribution in [2.24, 2.45) is 10.8 Å². The molecule has 0 aromatic heterocycles. The van der Waals surface area contributed by atoms with Gasteiger partial charge < -0.3 is 19.5 Å². The fourth-order valence-electron chi connectivity index (χ4n) is 8.88. The van der Waals surface area contributed by atoms with Crippen molar-refractivity contribution >= 4 is 11.9 Å². The summed E-state index contributed by atoms with van der Waals surface area (Å²) in [7, 11) is 0. The number of ether oxygens (including phenoxy) is 2. The summed E-state index contributed by atoms with van der Waals surface area (Å²) in [5.74, 6) is 0.129. The van der Waals surface area contributed by atoms with Crippen molar-refractivity contribution in [1.29, 1.82) is 0 Å². The number of carbonyl (C=O) groups excluding carboxylic acids is 2. The standard InChI is InChI=1S/C52H103NO5/c1-7-12-16-20-22-29-40-51(6,39-28-18-14-9-3)49(55)57-47-36-26-24-32-43-53(45-34-35-46-54)44-33-25-27-37-48-58-50(56)52(38-11-5,41-30-19-15-10-4)42-31-23-21-17-13-8-2/h54H,7-48H2,1-6H3. The molecule has 0 rings (SSSR count). The van der Waals surface area contributed by atoms with E-state index in [0.717, 1.165) is 148 Å². The van der Waals surface area contributed by atoms with E-state index in [0.29, 0.717) is 13.2 Å². The van der Waals surface area contributed by atoms with Gasteiger partial charge in [0.05, 0.1) is 24.0 Å². The Morgan fingerprint density at radius 2 is 0.741 bits per heavy atom. The van der Waals surface area contributed by atoms with Crippen molar-refractivity contribution in [2.75, 3.05) is 39.5 Å². The van der Waals surface area contributed by atoms with Gasteiger partial charge in [-0.25, -0.2) is 0 Å². The van der Waals surface area contributed by atoms with E-state index in [2.05, 4.69) is 46.4 Å². The first-order valence-corrected chi connectivity index (χ1v) is 26.0. The van der Waals surface area contributed by atoms with Crippen LogP contribution in [0.4, 0.5) is 0 Å². The zero-order chi connectivity index (χ0) is 42.8. The van der Waals surface area contributed by atoms with E-state index >= 15 is 0 Å². The van der Waals surface area contributed by atoms with Crippen LogP contribution >= 0.6 is 0 Å². The molecule has 6 nitrogen and oxygen atoms in total. The van der Waals surface area contributed by atoms with Gasteiger partial charge in [-0.05, 0) is 97.2 Å². The Morgan fingerprint density at radius 1 is 0.397 bits per heavy atom. The van der Waals surface area contributed by atoms with Crippen molar-refractivity contribution in [1.82, 2.24) is 4.90 Å². The fourth-order valence-corrected chi connectivity index (χ4v) is 8.88. The maximum Gasteiger partial charge on any atom is 0.312 e. The molecule has 0 amide bonds. The Hall–Kier alpha value is -1.14. The van der Waals surface area contributed by atoms with Gasteiger partial charge in [-0.15, -0.1) is 0 Å². The Morgan fingerprint density at radius 3 is 1.17 bits per heavy atom. The number of hydrogen-bond acceptors (Lipinski definition) is 6. The smallest absolute Gasteiger partial charge is 0.312 e. The second-order valence-corrected chi connectivity index (χ2v) is 18.6. The molecule has 0 aliphatic carbocycles. The molecule has 0 saturated heterocycles. The predicted molar refractivity (Wildman–Crippen MR) is 251 cm³/mol. The highest BCUT2D eigenvalue weighted by molar-refractivity contribution is 5.77. The summed E-state index contributed by atoms with van der Waals surface area (Å²) in [6, 6.07) is 0. The number of unbranched alkanes of at least 4 members (excludes halogenated alkanes) is 23. The molecule has 1 N–H and O–H groups in total. The summed E-state index contributed by atoms with van der Waals surface area (Å²) in [5.41, 5.74) is -0.617. The lowest BCUT2D eigenvalue weighted by Crippen LogP contribution is -2.33. The normalized spacial score (nSPS) is 13.8. The highest BCUT2D eigenvalue weighted by atomic mass is 16.5. The molecule has 58 heavy (non-hydrogen) atoms. The summed E-state index contributed by atoms with van der Waals surface area (Å²) in [5, 5.41) is 9.38. The summed E-state index contributed by atoms with van der Waals surface area (Å²) in [6.45, 7) is 18.0. The van der Waals surface area contributed by atoms with Gasteiger partial charge >= 0.3 is 11.9 Å². The molecule has 0 aromatic rings. The molecule has 0 radical (unpaired) electrons. The highest BCUT2D eigenvalue weighted by Crippen LogP contribution is 2.38. The number of esters is 2. The second-order valence-electron chi connectivity index (χ2n) is 18.6. The second kappa shape index (κ2) is 41.2. The average molecular weight is 822 g/mol. The molecule has 346 valence electrons. The van der Waals surface area contributed by atoms with E-state index in [4.69, 9.17) is 9.47 Å². The summed E-state index contributed by atoms with van der Waals surface area (Å²) in [6.07, 6.45) is 41.3. The zero-order valence-electron chi connectivity index (χ0n) is 40.2. The van der Waals surface area contributed by atoms with E-state index in [-0.39, 0.29) is 29.4 Å². The molecule has 0 spiro atoms. The van der Waals surface area contributed by atoms with Crippen LogP contribution in [0.3, 0.4) is 0 Å². The lowest BCUT2D eigenvalue weighted by molar-refractivity contribution is -0.158. The van der Waals surface area contributed by atoms with E-state index in [1.54, 1.807) is 0 Å². The maximum absolute atomic E-state index is 13.7. The fraction of sp³-hybridized carbons (Fsp3) is 0.962. The Balaban J connectivity index is 4.67. The maximum atomic E-state index is 13.7. The van der Waals surface area contributed by atoms with Crippen molar-refractivity contribution in [3.63, 3.8) is 0 Å². The molecular weight excluding hydrogens is 719 g/mol. The molecule has 2 unspecified atom stereocenters. The minimum absolute atomic E-state index is 0.0386. The van der Waals surface area contributed by atoms with Gasteiger partial charge in [0.25, 0.3) is 0 Å². The van der Waals surface area contributed by atoms with Gasteiger partial charge in [-0.2, -0.15) is 0 Å². The molecule has 0 aliphatic rings. The molecule has 0 fully saturated rings. The van der Waals surface area contributed by atoms with Gasteiger partial charge in [0.15, 0.2) is 0 Å². The topological polar surface area (TPSA) is 76.1 Å². The quantitative estimate of drug-likeness (QED) is 0.0487. The molecule has 0 heterocycles. The Kier molecular flexibility index (Phi) is 40.4. The molecule has 0 bridgehead atoms. The van der Waals surface area contributed by atoms with Crippen LogP contribution in [0, 0.1) is 10.8 Å². The van der Waals surface area contributed by atoms with E-state index in [1.165, 1.54) is 103 Å².